The molecule has 0 N–H and O–H groups in total. The molecule has 2 heterocycles. The van der Waals surface area contributed by atoms with Crippen molar-refractivity contribution < 1.29 is 14.3 Å². The molecule has 110 valence electrons. The van der Waals surface area contributed by atoms with Crippen LogP contribution in [0.2, 0.25) is 0 Å². The number of rotatable bonds is 3. The van der Waals surface area contributed by atoms with Gasteiger partial charge in [-0.1, -0.05) is 18.2 Å². The number of carbonyl (C=O) groups excluding carboxylic acids is 1. The van der Waals surface area contributed by atoms with E-state index in [-0.39, 0.29) is 16.7 Å². The highest BCUT2D eigenvalue weighted by molar-refractivity contribution is 8.00. The Balaban J connectivity index is 1.85. The van der Waals surface area contributed by atoms with E-state index in [2.05, 4.69) is 6.07 Å². The van der Waals surface area contributed by atoms with Crippen molar-refractivity contribution in [2.75, 3.05) is 0 Å². The van der Waals surface area contributed by atoms with Crippen LogP contribution in [0.25, 0.3) is 0 Å². The molecule has 2 aliphatic rings. The highest BCUT2D eigenvalue weighted by Gasteiger charge is 2.64. The molecule has 5 atom stereocenters. The van der Waals surface area contributed by atoms with Gasteiger partial charge in [-0.25, -0.2) is 0 Å². The van der Waals surface area contributed by atoms with Crippen molar-refractivity contribution >= 4 is 29.3 Å². The summed E-state index contributed by atoms with van der Waals surface area (Å²) < 4.78 is 11.1. The van der Waals surface area contributed by atoms with Crippen LogP contribution in [0.15, 0.2) is 35.2 Å². The summed E-state index contributed by atoms with van der Waals surface area (Å²) in [6.45, 7) is 1.31. The molecule has 0 saturated carbocycles. The number of benzene rings is 1. The minimum absolute atomic E-state index is 0.119. The number of nitriles is 1. The van der Waals surface area contributed by atoms with Crippen LogP contribution in [0.5, 0.6) is 0 Å². The van der Waals surface area contributed by atoms with Gasteiger partial charge in [-0.05, 0) is 12.1 Å². The van der Waals surface area contributed by atoms with E-state index in [0.29, 0.717) is 6.42 Å². The van der Waals surface area contributed by atoms with E-state index in [1.807, 2.05) is 30.3 Å². The summed E-state index contributed by atoms with van der Waals surface area (Å²) in [7, 11) is 0. The molecule has 0 unspecified atom stereocenters. The second-order valence-corrected chi connectivity index (χ2v) is 6.99. The minimum atomic E-state index is -1.21. The number of thioether (sulfide) groups is 1. The quantitative estimate of drug-likeness (QED) is 0.632. The molecule has 0 aromatic heterocycles. The summed E-state index contributed by atoms with van der Waals surface area (Å²) >= 11 is 8.02. The normalized spacial score (nSPS) is 37.2. The second kappa shape index (κ2) is 5.53. The van der Waals surface area contributed by atoms with E-state index in [0.717, 1.165) is 4.90 Å². The van der Waals surface area contributed by atoms with Gasteiger partial charge in [0, 0.05) is 18.2 Å². The molecular weight excluding hydrogens is 310 g/mol. The third kappa shape index (κ3) is 2.52. The lowest BCUT2D eigenvalue weighted by Gasteiger charge is -2.34. The van der Waals surface area contributed by atoms with Gasteiger partial charge in [0.05, 0.1) is 16.7 Å². The fourth-order valence-corrected chi connectivity index (χ4v) is 4.72. The topological polar surface area (TPSA) is 59.3 Å². The maximum absolute atomic E-state index is 11.3. The summed E-state index contributed by atoms with van der Waals surface area (Å²) in [5.41, 5.74) is -1.21. The molecule has 6 heteroatoms. The van der Waals surface area contributed by atoms with Gasteiger partial charge in [0.25, 0.3) is 0 Å². The van der Waals surface area contributed by atoms with Crippen LogP contribution in [0, 0.1) is 11.3 Å². The summed E-state index contributed by atoms with van der Waals surface area (Å²) in [6.07, 6.45) is -0.408. The molecule has 0 radical (unpaired) electrons. The van der Waals surface area contributed by atoms with Crippen molar-refractivity contribution in [3.63, 3.8) is 0 Å². The van der Waals surface area contributed by atoms with Gasteiger partial charge < -0.3 is 9.47 Å². The highest BCUT2D eigenvalue weighted by Crippen LogP contribution is 2.51. The standard InChI is InChI=1S/C15H14ClNO3S/c1-9(18)20-15(8-17)7-11-12(16)13(14(15)19-11)21-10-5-3-2-4-6-10/h2-6,11-14H,7H2,1H3/t11-,12+,13-,14-,15+/m0/s1. The molecule has 2 saturated heterocycles. The van der Waals surface area contributed by atoms with Crippen LogP contribution in [0.3, 0.4) is 0 Å². The lowest BCUT2D eigenvalue weighted by atomic mass is 9.85. The number of ether oxygens (including phenoxy) is 2. The molecule has 0 spiro atoms. The average Bonchev–Trinajstić information content (AvgIpc) is 2.97. The van der Waals surface area contributed by atoms with E-state index in [1.54, 1.807) is 11.8 Å². The number of nitrogens with zero attached hydrogens (tertiary/aromatic N) is 1. The van der Waals surface area contributed by atoms with Crippen LogP contribution in [0.4, 0.5) is 0 Å². The van der Waals surface area contributed by atoms with Gasteiger partial charge in [0.2, 0.25) is 5.60 Å². The van der Waals surface area contributed by atoms with Crippen LogP contribution in [-0.4, -0.2) is 34.4 Å². The summed E-state index contributed by atoms with van der Waals surface area (Å²) in [5, 5.41) is 9.18. The first-order chi connectivity index (χ1) is 10.1. The van der Waals surface area contributed by atoms with Crippen LogP contribution < -0.4 is 0 Å². The lowest BCUT2D eigenvalue weighted by molar-refractivity contribution is -0.155. The Bertz CT molecular complexity index is 590. The van der Waals surface area contributed by atoms with Gasteiger partial charge >= 0.3 is 5.97 Å². The number of fused-ring (bicyclic) bond motifs is 2. The van der Waals surface area contributed by atoms with Crippen molar-refractivity contribution in [1.82, 2.24) is 0 Å². The van der Waals surface area contributed by atoms with E-state index >= 15 is 0 Å². The zero-order valence-corrected chi connectivity index (χ0v) is 12.9. The second-order valence-electron chi connectivity index (χ2n) is 5.23. The molecule has 2 bridgehead atoms. The smallest absolute Gasteiger partial charge is 0.304 e. The van der Waals surface area contributed by atoms with Gasteiger partial charge in [0.1, 0.15) is 12.2 Å². The Hall–Kier alpha value is -1.22. The van der Waals surface area contributed by atoms with Crippen molar-refractivity contribution in [1.29, 1.82) is 5.26 Å². The predicted molar refractivity (Wildman–Crippen MR) is 79.1 cm³/mol. The van der Waals surface area contributed by atoms with Crippen LogP contribution >= 0.6 is 23.4 Å². The molecule has 4 nitrogen and oxygen atoms in total. The largest absolute Gasteiger partial charge is 0.441 e. The predicted octanol–water partition coefficient (Wildman–Crippen LogP) is 2.75. The highest BCUT2D eigenvalue weighted by atomic mass is 35.5. The third-order valence-electron chi connectivity index (χ3n) is 3.78. The Morgan fingerprint density at radius 2 is 2.24 bits per heavy atom. The first-order valence-electron chi connectivity index (χ1n) is 6.68. The van der Waals surface area contributed by atoms with Gasteiger partial charge in [-0.2, -0.15) is 5.26 Å². The molecule has 1 aromatic rings. The number of alkyl halides is 1. The Kier molecular flexibility index (Phi) is 3.87. The first kappa shape index (κ1) is 14.7. The minimum Gasteiger partial charge on any atom is -0.441 e. The zero-order chi connectivity index (χ0) is 15.0. The molecule has 0 aliphatic carbocycles. The molecule has 3 rings (SSSR count). The fourth-order valence-electron chi connectivity index (χ4n) is 2.94. The SMILES string of the molecule is CC(=O)O[C@@]1(C#N)C[C@@H]2O[C@H]1[C@@H](Sc1ccccc1)[C@@H]2Cl. The summed E-state index contributed by atoms with van der Waals surface area (Å²) in [5.74, 6) is -0.470. The fraction of sp³-hybridized carbons (Fsp3) is 0.467. The van der Waals surface area contributed by atoms with Crippen molar-refractivity contribution in [2.24, 2.45) is 0 Å². The van der Waals surface area contributed by atoms with Gasteiger partial charge in [-0.3, -0.25) is 4.79 Å². The zero-order valence-electron chi connectivity index (χ0n) is 11.4. The third-order valence-corrected chi connectivity index (χ3v) is 5.84. The first-order valence-corrected chi connectivity index (χ1v) is 7.99. The van der Waals surface area contributed by atoms with E-state index < -0.39 is 17.7 Å². The van der Waals surface area contributed by atoms with Gasteiger partial charge in [0.15, 0.2) is 0 Å². The van der Waals surface area contributed by atoms with E-state index in [1.165, 1.54) is 6.92 Å². The maximum Gasteiger partial charge on any atom is 0.304 e. The Labute approximate surface area is 132 Å². The van der Waals surface area contributed by atoms with Crippen molar-refractivity contribution in [3.05, 3.63) is 30.3 Å². The van der Waals surface area contributed by atoms with E-state index in [4.69, 9.17) is 21.1 Å². The molecule has 2 aliphatic heterocycles. The number of hydrogen-bond acceptors (Lipinski definition) is 5. The molecule has 1 aromatic carbocycles. The number of hydrogen-bond donors (Lipinski definition) is 0. The Morgan fingerprint density at radius 3 is 2.81 bits per heavy atom. The number of halogens is 1. The van der Waals surface area contributed by atoms with E-state index in [9.17, 15) is 10.1 Å². The monoisotopic (exact) mass is 323 g/mol. The molecular formula is C15H14ClNO3S. The summed E-state index contributed by atoms with van der Waals surface area (Å²) in [6, 6.07) is 11.9. The molecule has 0 amide bonds. The maximum atomic E-state index is 11.3. The summed E-state index contributed by atoms with van der Waals surface area (Å²) in [4.78, 5) is 12.4. The number of esters is 1. The Morgan fingerprint density at radius 1 is 1.52 bits per heavy atom. The van der Waals surface area contributed by atoms with Gasteiger partial charge in [-0.15, -0.1) is 23.4 Å². The van der Waals surface area contributed by atoms with Crippen LogP contribution in [0.1, 0.15) is 13.3 Å². The lowest BCUT2D eigenvalue weighted by Crippen LogP contribution is -2.51. The van der Waals surface area contributed by atoms with Crippen LogP contribution in [-0.2, 0) is 14.3 Å². The number of carbonyl (C=O) groups is 1. The average molecular weight is 324 g/mol. The molecule has 2 fully saturated rings. The molecule has 21 heavy (non-hydrogen) atoms. The van der Waals surface area contributed by atoms with Crippen molar-refractivity contribution in [3.8, 4) is 6.07 Å². The van der Waals surface area contributed by atoms with Crippen molar-refractivity contribution in [2.45, 2.75) is 46.7 Å².